The van der Waals surface area contributed by atoms with Gasteiger partial charge in [0, 0.05) is 19.0 Å². The molecular formula is C23H26N4O2. The van der Waals surface area contributed by atoms with Gasteiger partial charge in [-0.15, -0.1) is 0 Å². The molecule has 1 aromatic heterocycles. The van der Waals surface area contributed by atoms with Crippen molar-refractivity contribution in [1.82, 2.24) is 4.57 Å². The van der Waals surface area contributed by atoms with Gasteiger partial charge in [-0.05, 0) is 49.6 Å². The number of hydrogen-bond donors (Lipinski definition) is 0. The number of amides is 1. The first kappa shape index (κ1) is 19.3. The van der Waals surface area contributed by atoms with Crippen LogP contribution in [0.2, 0.25) is 0 Å². The summed E-state index contributed by atoms with van der Waals surface area (Å²) in [5.41, 5.74) is 2.76. The molecule has 150 valence electrons. The third kappa shape index (κ3) is 4.36. The quantitative estimate of drug-likeness (QED) is 0.799. The molecule has 0 unspecified atom stereocenters. The SMILES string of the molecule is Cc1cccc(N2N=C(C(=O)n3ccccc3=NC3CCCCC3)CCC2=O)c1. The van der Waals surface area contributed by atoms with Crippen LogP contribution in [-0.4, -0.2) is 28.1 Å². The summed E-state index contributed by atoms with van der Waals surface area (Å²) >= 11 is 0. The van der Waals surface area contributed by atoms with Crippen molar-refractivity contribution in [1.29, 1.82) is 0 Å². The van der Waals surface area contributed by atoms with E-state index < -0.39 is 0 Å². The molecule has 0 bridgehead atoms. The normalized spacial score (nSPS) is 18.7. The van der Waals surface area contributed by atoms with Crippen LogP contribution in [0.3, 0.4) is 0 Å². The van der Waals surface area contributed by atoms with Crippen molar-refractivity contribution in [2.24, 2.45) is 10.1 Å². The highest BCUT2D eigenvalue weighted by Crippen LogP contribution is 2.22. The van der Waals surface area contributed by atoms with Gasteiger partial charge in [0.15, 0.2) is 0 Å². The Bertz CT molecular complexity index is 1020. The van der Waals surface area contributed by atoms with Gasteiger partial charge in [-0.25, -0.2) is 5.01 Å². The summed E-state index contributed by atoms with van der Waals surface area (Å²) in [5, 5.41) is 5.78. The highest BCUT2D eigenvalue weighted by atomic mass is 16.2. The smallest absolute Gasteiger partial charge is 0.273 e. The van der Waals surface area contributed by atoms with Gasteiger partial charge in [0.2, 0.25) is 5.91 Å². The minimum Gasteiger partial charge on any atom is -0.273 e. The molecule has 0 atom stereocenters. The first-order valence-corrected chi connectivity index (χ1v) is 10.3. The molecule has 1 aromatic carbocycles. The van der Waals surface area contributed by atoms with Crippen LogP contribution in [0.5, 0.6) is 0 Å². The summed E-state index contributed by atoms with van der Waals surface area (Å²) < 4.78 is 1.57. The van der Waals surface area contributed by atoms with Crippen LogP contribution in [0, 0.1) is 6.92 Å². The van der Waals surface area contributed by atoms with E-state index in [-0.39, 0.29) is 24.3 Å². The van der Waals surface area contributed by atoms with Crippen molar-refractivity contribution >= 4 is 23.2 Å². The van der Waals surface area contributed by atoms with Gasteiger partial charge in [-0.2, -0.15) is 5.10 Å². The molecule has 29 heavy (non-hydrogen) atoms. The average Bonchev–Trinajstić information content (AvgIpc) is 2.75. The van der Waals surface area contributed by atoms with Crippen LogP contribution >= 0.6 is 0 Å². The average molecular weight is 390 g/mol. The first-order valence-electron chi connectivity index (χ1n) is 10.3. The maximum Gasteiger partial charge on any atom is 0.279 e. The molecule has 2 aliphatic rings. The third-order valence-electron chi connectivity index (χ3n) is 5.47. The maximum absolute atomic E-state index is 13.2. The van der Waals surface area contributed by atoms with Crippen molar-refractivity contribution in [2.45, 2.75) is 57.9 Å². The molecule has 2 heterocycles. The highest BCUT2D eigenvalue weighted by Gasteiger charge is 2.26. The number of carbonyl (C=O) groups excluding carboxylic acids is 2. The predicted molar refractivity (Wildman–Crippen MR) is 113 cm³/mol. The number of nitrogens with zero attached hydrogens (tertiary/aromatic N) is 4. The Kier molecular flexibility index (Phi) is 5.69. The molecule has 1 amide bonds. The fourth-order valence-corrected chi connectivity index (χ4v) is 3.92. The van der Waals surface area contributed by atoms with Crippen molar-refractivity contribution < 1.29 is 9.59 Å². The standard InChI is InChI=1S/C23H26N4O2/c1-17-8-7-11-19(16-17)27-22(28)14-13-20(25-27)23(29)26-15-6-5-12-21(26)24-18-9-3-2-4-10-18/h5-8,11-12,15-16,18H,2-4,9-10,13-14H2,1H3. The van der Waals surface area contributed by atoms with Crippen LogP contribution in [0.25, 0.3) is 0 Å². The topological polar surface area (TPSA) is 67.0 Å². The second-order valence-electron chi connectivity index (χ2n) is 7.75. The molecule has 1 fully saturated rings. The lowest BCUT2D eigenvalue weighted by Gasteiger charge is -2.23. The van der Waals surface area contributed by atoms with E-state index in [0.717, 1.165) is 18.4 Å². The molecule has 0 radical (unpaired) electrons. The largest absolute Gasteiger partial charge is 0.279 e. The zero-order valence-electron chi connectivity index (χ0n) is 16.8. The van der Waals surface area contributed by atoms with Gasteiger partial charge in [-0.1, -0.05) is 37.5 Å². The van der Waals surface area contributed by atoms with E-state index in [1.807, 2.05) is 49.4 Å². The maximum atomic E-state index is 13.2. The zero-order chi connectivity index (χ0) is 20.2. The monoisotopic (exact) mass is 390 g/mol. The lowest BCUT2D eigenvalue weighted by Crippen LogP contribution is -2.39. The van der Waals surface area contributed by atoms with Crippen molar-refractivity contribution in [3.63, 3.8) is 0 Å². The summed E-state index contributed by atoms with van der Waals surface area (Å²) in [6, 6.07) is 13.4. The Morgan fingerprint density at radius 3 is 2.69 bits per heavy atom. The summed E-state index contributed by atoms with van der Waals surface area (Å²) in [5.74, 6) is -0.317. The zero-order valence-corrected chi connectivity index (χ0v) is 16.8. The van der Waals surface area contributed by atoms with E-state index in [1.54, 1.807) is 10.8 Å². The molecule has 4 rings (SSSR count). The summed E-state index contributed by atoms with van der Waals surface area (Å²) in [7, 11) is 0. The number of aromatic nitrogens is 1. The fourth-order valence-electron chi connectivity index (χ4n) is 3.92. The van der Waals surface area contributed by atoms with Crippen molar-refractivity contribution in [3.05, 3.63) is 59.7 Å². The lowest BCUT2D eigenvalue weighted by atomic mass is 9.96. The number of aryl methyl sites for hydroxylation is 1. The van der Waals surface area contributed by atoms with Gasteiger partial charge in [0.25, 0.3) is 5.91 Å². The number of benzene rings is 1. The molecular weight excluding hydrogens is 364 g/mol. The van der Waals surface area contributed by atoms with Crippen LogP contribution in [0.4, 0.5) is 5.69 Å². The Hall–Kier alpha value is -3.02. The second kappa shape index (κ2) is 8.55. The summed E-state index contributed by atoms with van der Waals surface area (Å²) in [4.78, 5) is 30.5. The van der Waals surface area contributed by atoms with E-state index in [4.69, 9.17) is 4.99 Å². The van der Waals surface area contributed by atoms with E-state index in [1.165, 1.54) is 24.3 Å². The molecule has 6 heteroatoms. The van der Waals surface area contributed by atoms with E-state index in [9.17, 15) is 9.59 Å². The Labute approximate surface area is 170 Å². The highest BCUT2D eigenvalue weighted by molar-refractivity contribution is 6.40. The van der Waals surface area contributed by atoms with E-state index in [0.29, 0.717) is 23.3 Å². The van der Waals surface area contributed by atoms with Crippen molar-refractivity contribution in [2.75, 3.05) is 5.01 Å². The van der Waals surface area contributed by atoms with Gasteiger partial charge >= 0.3 is 0 Å². The number of pyridine rings is 1. The molecule has 1 aliphatic heterocycles. The predicted octanol–water partition coefficient (Wildman–Crippen LogP) is 3.85. The number of rotatable bonds is 3. The molecule has 0 N–H and O–H groups in total. The minimum absolute atomic E-state index is 0.0997. The third-order valence-corrected chi connectivity index (χ3v) is 5.47. The fraction of sp³-hybridized carbons (Fsp3) is 0.391. The van der Waals surface area contributed by atoms with Gasteiger partial charge in [0.05, 0.1) is 11.7 Å². The van der Waals surface area contributed by atoms with E-state index >= 15 is 0 Å². The summed E-state index contributed by atoms with van der Waals surface area (Å²) in [6.45, 7) is 1.96. The molecule has 6 nitrogen and oxygen atoms in total. The van der Waals surface area contributed by atoms with E-state index in [2.05, 4.69) is 5.10 Å². The van der Waals surface area contributed by atoms with Crippen LogP contribution in [-0.2, 0) is 4.79 Å². The molecule has 0 saturated heterocycles. The van der Waals surface area contributed by atoms with Crippen LogP contribution < -0.4 is 10.5 Å². The molecule has 1 aliphatic carbocycles. The van der Waals surface area contributed by atoms with Crippen LogP contribution in [0.15, 0.2) is 58.8 Å². The van der Waals surface area contributed by atoms with Gasteiger partial charge in [-0.3, -0.25) is 19.1 Å². The number of carbonyl (C=O) groups is 2. The van der Waals surface area contributed by atoms with Gasteiger partial charge in [0.1, 0.15) is 11.2 Å². The second-order valence-corrected chi connectivity index (χ2v) is 7.75. The van der Waals surface area contributed by atoms with Crippen LogP contribution in [0.1, 0.15) is 55.3 Å². The number of anilines is 1. The van der Waals surface area contributed by atoms with Gasteiger partial charge < -0.3 is 0 Å². The number of hydrogen-bond acceptors (Lipinski definition) is 4. The van der Waals surface area contributed by atoms with Crippen molar-refractivity contribution in [3.8, 4) is 0 Å². The summed E-state index contributed by atoms with van der Waals surface area (Å²) in [6.07, 6.45) is 8.12. The molecule has 2 aromatic rings. The Morgan fingerprint density at radius 1 is 1.07 bits per heavy atom. The number of hydrazone groups is 1. The Morgan fingerprint density at radius 2 is 1.90 bits per heavy atom. The molecule has 0 spiro atoms. The Balaban J connectivity index is 1.67. The minimum atomic E-state index is -0.217. The lowest BCUT2D eigenvalue weighted by molar-refractivity contribution is -0.118. The molecule has 1 saturated carbocycles. The first-order chi connectivity index (χ1) is 14.1.